The highest BCUT2D eigenvalue weighted by atomic mass is 32.1. The number of nitrogens with zero attached hydrogens (tertiary/aromatic N) is 3. The second-order valence-corrected chi connectivity index (χ2v) is 6.66. The molecular weight excluding hydrogens is 324 g/mol. The zero-order valence-corrected chi connectivity index (χ0v) is 14.2. The lowest BCUT2D eigenvalue weighted by atomic mass is 10.2. The predicted molar refractivity (Wildman–Crippen MR) is 91.6 cm³/mol. The first kappa shape index (κ1) is 16.3. The molecule has 3 heterocycles. The van der Waals surface area contributed by atoms with Crippen molar-refractivity contribution in [3.63, 3.8) is 0 Å². The summed E-state index contributed by atoms with van der Waals surface area (Å²) >= 11 is 1.61. The molecule has 0 saturated heterocycles. The fraction of sp³-hybridized carbons (Fsp3) is 0.294. The van der Waals surface area contributed by atoms with Gasteiger partial charge >= 0.3 is 0 Å². The Morgan fingerprint density at radius 1 is 1.25 bits per heavy atom. The van der Waals surface area contributed by atoms with Crippen molar-refractivity contribution in [1.82, 2.24) is 20.5 Å². The maximum Gasteiger partial charge on any atom is 0.257 e. The maximum atomic E-state index is 11.9. The van der Waals surface area contributed by atoms with E-state index in [2.05, 4.69) is 20.5 Å². The number of hydrogen-bond donors (Lipinski definition) is 1. The van der Waals surface area contributed by atoms with Gasteiger partial charge in [0.2, 0.25) is 11.8 Å². The molecule has 0 aliphatic heterocycles. The largest absolute Gasteiger partial charge is 0.420 e. The van der Waals surface area contributed by atoms with Crippen molar-refractivity contribution < 1.29 is 9.21 Å². The fourth-order valence-electron chi connectivity index (χ4n) is 2.20. The van der Waals surface area contributed by atoms with Crippen LogP contribution in [0.5, 0.6) is 0 Å². The topological polar surface area (TPSA) is 80.9 Å². The van der Waals surface area contributed by atoms with Gasteiger partial charge < -0.3 is 9.73 Å². The molecule has 0 fully saturated rings. The Labute approximate surface area is 144 Å². The van der Waals surface area contributed by atoms with Crippen LogP contribution in [0.4, 0.5) is 0 Å². The highest BCUT2D eigenvalue weighted by Gasteiger charge is 2.11. The molecule has 0 saturated carbocycles. The van der Waals surface area contributed by atoms with Crippen LogP contribution in [-0.2, 0) is 17.6 Å². The van der Waals surface area contributed by atoms with E-state index in [0.717, 1.165) is 16.9 Å². The molecule has 0 radical (unpaired) electrons. The van der Waals surface area contributed by atoms with Crippen LogP contribution in [-0.4, -0.2) is 27.6 Å². The van der Waals surface area contributed by atoms with Gasteiger partial charge in [0.15, 0.2) is 0 Å². The van der Waals surface area contributed by atoms with Crippen LogP contribution in [0, 0.1) is 6.92 Å². The van der Waals surface area contributed by atoms with Crippen molar-refractivity contribution >= 4 is 17.2 Å². The average molecular weight is 342 g/mol. The molecule has 24 heavy (non-hydrogen) atoms. The van der Waals surface area contributed by atoms with E-state index in [1.54, 1.807) is 23.7 Å². The van der Waals surface area contributed by atoms with Crippen molar-refractivity contribution in [2.75, 3.05) is 6.54 Å². The van der Waals surface area contributed by atoms with Crippen molar-refractivity contribution in [3.8, 4) is 10.8 Å². The molecule has 0 aromatic carbocycles. The minimum absolute atomic E-state index is 0.0226. The van der Waals surface area contributed by atoms with Gasteiger partial charge in [-0.25, -0.2) is 0 Å². The number of carbonyl (C=O) groups excluding carboxylic acids is 1. The number of aromatic nitrogens is 3. The van der Waals surface area contributed by atoms with Crippen molar-refractivity contribution in [2.24, 2.45) is 0 Å². The summed E-state index contributed by atoms with van der Waals surface area (Å²) in [6.07, 6.45) is 5.08. The van der Waals surface area contributed by atoms with Crippen LogP contribution in [0.2, 0.25) is 0 Å². The molecule has 0 aliphatic rings. The van der Waals surface area contributed by atoms with Gasteiger partial charge in [-0.3, -0.25) is 9.78 Å². The van der Waals surface area contributed by atoms with Crippen LogP contribution in [0.25, 0.3) is 10.8 Å². The van der Waals surface area contributed by atoms with Gasteiger partial charge in [-0.15, -0.1) is 21.5 Å². The highest BCUT2D eigenvalue weighted by Crippen LogP contribution is 2.26. The third kappa shape index (κ3) is 4.48. The molecule has 124 valence electrons. The molecule has 3 rings (SSSR count). The van der Waals surface area contributed by atoms with Crippen LogP contribution >= 0.6 is 11.3 Å². The molecule has 0 aliphatic carbocycles. The third-order valence-electron chi connectivity index (χ3n) is 3.44. The third-order valence-corrected chi connectivity index (χ3v) is 4.43. The summed E-state index contributed by atoms with van der Waals surface area (Å²) in [4.78, 5) is 18.1. The molecule has 0 bridgehead atoms. The lowest BCUT2D eigenvalue weighted by Crippen LogP contribution is -2.25. The lowest BCUT2D eigenvalue weighted by Gasteiger charge is -2.04. The summed E-state index contributed by atoms with van der Waals surface area (Å²) in [5, 5.41) is 10.9. The van der Waals surface area contributed by atoms with E-state index in [0.29, 0.717) is 31.2 Å². The number of amides is 1. The Hall–Kier alpha value is -2.54. The predicted octanol–water partition coefficient (Wildman–Crippen LogP) is 2.79. The standard InChI is InChI=1S/C17H18N4O2S/c1-12-4-5-14(24-12)17-21-20-16(23-17)7-6-15(22)19-10-8-13-3-2-9-18-11-13/h2-5,9,11H,6-8,10H2,1H3,(H,19,22). The quantitative estimate of drug-likeness (QED) is 0.714. The van der Waals surface area contributed by atoms with Crippen molar-refractivity contribution in [2.45, 2.75) is 26.2 Å². The van der Waals surface area contributed by atoms with E-state index in [4.69, 9.17) is 4.42 Å². The molecule has 1 N–H and O–H groups in total. The Bertz CT molecular complexity index is 798. The summed E-state index contributed by atoms with van der Waals surface area (Å²) < 4.78 is 5.61. The van der Waals surface area contributed by atoms with Gasteiger partial charge in [0.05, 0.1) is 4.88 Å². The molecule has 0 atom stereocenters. The summed E-state index contributed by atoms with van der Waals surface area (Å²) in [6, 6.07) is 7.85. The second kappa shape index (κ2) is 7.83. The minimum atomic E-state index is -0.0226. The van der Waals surface area contributed by atoms with E-state index >= 15 is 0 Å². The second-order valence-electron chi connectivity index (χ2n) is 5.37. The minimum Gasteiger partial charge on any atom is -0.420 e. The zero-order valence-electron chi connectivity index (χ0n) is 13.4. The average Bonchev–Trinajstić information content (AvgIpc) is 3.23. The molecule has 7 heteroatoms. The molecule has 3 aromatic heterocycles. The number of nitrogens with one attached hydrogen (secondary N) is 1. The summed E-state index contributed by atoms with van der Waals surface area (Å²) in [5.74, 6) is 0.976. The van der Waals surface area contributed by atoms with Gasteiger partial charge in [-0.2, -0.15) is 0 Å². The maximum absolute atomic E-state index is 11.9. The van der Waals surface area contributed by atoms with Crippen LogP contribution < -0.4 is 5.32 Å². The number of rotatable bonds is 7. The Morgan fingerprint density at radius 3 is 2.92 bits per heavy atom. The van der Waals surface area contributed by atoms with Gasteiger partial charge in [0.1, 0.15) is 0 Å². The Morgan fingerprint density at radius 2 is 2.17 bits per heavy atom. The summed E-state index contributed by atoms with van der Waals surface area (Å²) in [5.41, 5.74) is 1.10. The highest BCUT2D eigenvalue weighted by molar-refractivity contribution is 7.15. The van der Waals surface area contributed by atoms with Crippen molar-refractivity contribution in [1.29, 1.82) is 0 Å². The van der Waals surface area contributed by atoms with Crippen LogP contribution in [0.3, 0.4) is 0 Å². The Balaban J connectivity index is 1.42. The van der Waals surface area contributed by atoms with E-state index < -0.39 is 0 Å². The molecule has 0 spiro atoms. The van der Waals surface area contributed by atoms with E-state index in [1.165, 1.54) is 4.88 Å². The van der Waals surface area contributed by atoms with Crippen LogP contribution in [0.1, 0.15) is 22.8 Å². The first-order chi connectivity index (χ1) is 11.7. The molecule has 3 aromatic rings. The number of pyridine rings is 1. The summed E-state index contributed by atoms with van der Waals surface area (Å²) in [6.45, 7) is 2.62. The smallest absolute Gasteiger partial charge is 0.257 e. The number of hydrogen-bond acceptors (Lipinski definition) is 6. The van der Waals surface area contributed by atoms with Crippen LogP contribution in [0.15, 0.2) is 41.1 Å². The lowest BCUT2D eigenvalue weighted by molar-refractivity contribution is -0.121. The molecule has 6 nitrogen and oxygen atoms in total. The normalized spacial score (nSPS) is 10.7. The van der Waals surface area contributed by atoms with E-state index in [1.807, 2.05) is 31.2 Å². The monoisotopic (exact) mass is 342 g/mol. The first-order valence-corrected chi connectivity index (χ1v) is 8.57. The number of carbonyl (C=O) groups is 1. The van der Waals surface area contributed by atoms with Crippen molar-refractivity contribution in [3.05, 3.63) is 53.0 Å². The summed E-state index contributed by atoms with van der Waals surface area (Å²) in [7, 11) is 0. The van der Waals surface area contributed by atoms with E-state index in [9.17, 15) is 4.79 Å². The SMILES string of the molecule is Cc1ccc(-c2nnc(CCC(=O)NCCc3cccnc3)o2)s1. The zero-order chi connectivity index (χ0) is 16.8. The van der Waals surface area contributed by atoms with E-state index in [-0.39, 0.29) is 5.91 Å². The van der Waals surface area contributed by atoms with Gasteiger partial charge in [-0.1, -0.05) is 6.07 Å². The first-order valence-electron chi connectivity index (χ1n) is 7.75. The van der Waals surface area contributed by atoms with Gasteiger partial charge in [0, 0.05) is 36.7 Å². The van der Waals surface area contributed by atoms with Gasteiger partial charge in [-0.05, 0) is 37.1 Å². The molecular formula is C17H18N4O2S. The number of aryl methyl sites for hydroxylation is 2. The Kier molecular flexibility index (Phi) is 5.32. The fourth-order valence-corrected chi connectivity index (χ4v) is 2.99. The molecule has 0 unspecified atom stereocenters. The number of thiophene rings is 1. The van der Waals surface area contributed by atoms with Gasteiger partial charge in [0.25, 0.3) is 5.89 Å². The molecule has 1 amide bonds.